The minimum absolute atomic E-state index is 0.0109. The van der Waals surface area contributed by atoms with Crippen LogP contribution in [-0.2, 0) is 4.79 Å². The number of carboxylic acids is 1. The Morgan fingerprint density at radius 2 is 2.05 bits per heavy atom. The summed E-state index contributed by atoms with van der Waals surface area (Å²) in [5.74, 6) is -0.920. The molecular weight excluding hydrogens is 272 g/mol. The lowest BCUT2D eigenvalue weighted by Crippen LogP contribution is -2.40. The predicted molar refractivity (Wildman–Crippen MR) is 77.0 cm³/mol. The molecule has 114 valence electrons. The first-order valence-electron chi connectivity index (χ1n) is 7.06. The van der Waals surface area contributed by atoms with Gasteiger partial charge < -0.3 is 20.4 Å². The van der Waals surface area contributed by atoms with Crippen molar-refractivity contribution in [3.8, 4) is 0 Å². The van der Waals surface area contributed by atoms with Gasteiger partial charge in [0.05, 0.1) is 0 Å². The standard InChI is InChI=1S/C15H20N2O4/c18-13(14(19)20)6-8-16-15(21)17-9-7-12(10-17)11-4-2-1-3-5-11/h1-5,12-13,18H,6-10H2,(H,16,21)(H,19,20)/t12?,13-/m0/s1. The fourth-order valence-corrected chi connectivity index (χ4v) is 2.49. The maximum absolute atomic E-state index is 12.0. The minimum Gasteiger partial charge on any atom is -0.479 e. The third-order valence-corrected chi connectivity index (χ3v) is 3.73. The Morgan fingerprint density at radius 1 is 1.33 bits per heavy atom. The van der Waals surface area contributed by atoms with Crippen LogP contribution in [0.4, 0.5) is 4.79 Å². The molecule has 21 heavy (non-hydrogen) atoms. The van der Waals surface area contributed by atoms with E-state index in [1.165, 1.54) is 5.56 Å². The number of aliphatic carboxylic acids is 1. The number of hydrogen-bond acceptors (Lipinski definition) is 3. The van der Waals surface area contributed by atoms with E-state index in [4.69, 9.17) is 10.2 Å². The van der Waals surface area contributed by atoms with Gasteiger partial charge in [0.2, 0.25) is 0 Å². The van der Waals surface area contributed by atoms with Crippen LogP contribution in [0, 0.1) is 0 Å². The molecule has 2 atom stereocenters. The lowest BCUT2D eigenvalue weighted by Gasteiger charge is -2.18. The van der Waals surface area contributed by atoms with Gasteiger partial charge in [-0.1, -0.05) is 30.3 Å². The summed E-state index contributed by atoms with van der Waals surface area (Å²) in [6, 6.07) is 9.88. The third-order valence-electron chi connectivity index (χ3n) is 3.73. The quantitative estimate of drug-likeness (QED) is 0.756. The molecule has 0 saturated carbocycles. The van der Waals surface area contributed by atoms with Gasteiger partial charge >= 0.3 is 12.0 Å². The molecule has 0 aromatic heterocycles. The number of benzene rings is 1. The molecule has 3 N–H and O–H groups in total. The van der Waals surface area contributed by atoms with Gasteiger partial charge in [-0.05, 0) is 12.0 Å². The molecular formula is C15H20N2O4. The van der Waals surface area contributed by atoms with E-state index in [9.17, 15) is 9.59 Å². The molecule has 1 unspecified atom stereocenters. The van der Waals surface area contributed by atoms with Crippen molar-refractivity contribution in [2.24, 2.45) is 0 Å². The SMILES string of the molecule is O=C(O)[C@@H](O)CCNC(=O)N1CCC(c2ccccc2)C1. The van der Waals surface area contributed by atoms with Crippen LogP contribution in [0.1, 0.15) is 24.3 Å². The van der Waals surface area contributed by atoms with E-state index in [2.05, 4.69) is 17.4 Å². The van der Waals surface area contributed by atoms with Crippen molar-refractivity contribution in [1.29, 1.82) is 0 Å². The molecule has 0 spiro atoms. The highest BCUT2D eigenvalue weighted by atomic mass is 16.4. The van der Waals surface area contributed by atoms with Gasteiger partial charge in [-0.25, -0.2) is 9.59 Å². The Kier molecular flexibility index (Phi) is 5.16. The third kappa shape index (κ3) is 4.19. The van der Waals surface area contributed by atoms with Crippen molar-refractivity contribution in [3.63, 3.8) is 0 Å². The molecule has 2 rings (SSSR count). The lowest BCUT2D eigenvalue weighted by molar-refractivity contribution is -0.146. The van der Waals surface area contributed by atoms with Crippen molar-refractivity contribution in [3.05, 3.63) is 35.9 Å². The molecule has 6 heteroatoms. The van der Waals surface area contributed by atoms with E-state index < -0.39 is 12.1 Å². The molecule has 1 aromatic rings. The zero-order valence-electron chi connectivity index (χ0n) is 11.7. The van der Waals surface area contributed by atoms with E-state index in [-0.39, 0.29) is 19.0 Å². The summed E-state index contributed by atoms with van der Waals surface area (Å²) < 4.78 is 0. The number of carbonyl (C=O) groups excluding carboxylic acids is 1. The Balaban J connectivity index is 1.76. The average molecular weight is 292 g/mol. The van der Waals surface area contributed by atoms with E-state index in [0.717, 1.165) is 6.42 Å². The van der Waals surface area contributed by atoms with Crippen molar-refractivity contribution in [2.45, 2.75) is 24.9 Å². The summed E-state index contributed by atoms with van der Waals surface area (Å²) in [5.41, 5.74) is 1.23. The van der Waals surface area contributed by atoms with Gasteiger partial charge in [0.25, 0.3) is 0 Å². The molecule has 2 amide bonds. The Labute approximate surface area is 123 Å². The van der Waals surface area contributed by atoms with Gasteiger partial charge in [0.1, 0.15) is 0 Å². The number of aliphatic hydroxyl groups is 1. The molecule has 1 saturated heterocycles. The Hall–Kier alpha value is -2.08. The summed E-state index contributed by atoms with van der Waals surface area (Å²) in [6.45, 7) is 1.50. The molecule has 0 bridgehead atoms. The zero-order chi connectivity index (χ0) is 15.2. The number of amides is 2. The van der Waals surface area contributed by atoms with Gasteiger partial charge in [-0.3, -0.25) is 0 Å². The van der Waals surface area contributed by atoms with Crippen LogP contribution in [-0.4, -0.2) is 52.9 Å². The smallest absolute Gasteiger partial charge is 0.332 e. The number of carboxylic acid groups (broad SMARTS) is 1. The fraction of sp³-hybridized carbons (Fsp3) is 0.467. The maximum atomic E-state index is 12.0. The molecule has 1 heterocycles. The minimum atomic E-state index is -1.43. The average Bonchev–Trinajstić information content (AvgIpc) is 2.97. The van der Waals surface area contributed by atoms with Crippen LogP contribution in [0.2, 0.25) is 0 Å². The lowest BCUT2D eigenvalue weighted by atomic mass is 9.99. The van der Waals surface area contributed by atoms with E-state index in [1.807, 2.05) is 18.2 Å². The zero-order valence-corrected chi connectivity index (χ0v) is 11.7. The summed E-state index contributed by atoms with van der Waals surface area (Å²) >= 11 is 0. The predicted octanol–water partition coefficient (Wildman–Crippen LogP) is 1.02. The normalized spacial score (nSPS) is 19.3. The number of likely N-dealkylation sites (tertiary alicyclic amines) is 1. The highest BCUT2D eigenvalue weighted by Crippen LogP contribution is 2.26. The van der Waals surface area contributed by atoms with E-state index >= 15 is 0 Å². The summed E-state index contributed by atoms with van der Waals surface area (Å²) in [5, 5.41) is 20.3. The molecule has 1 aliphatic rings. The monoisotopic (exact) mass is 292 g/mol. The molecule has 1 fully saturated rings. The largest absolute Gasteiger partial charge is 0.479 e. The highest BCUT2D eigenvalue weighted by Gasteiger charge is 2.27. The summed E-state index contributed by atoms with van der Waals surface area (Å²) in [4.78, 5) is 24.1. The number of nitrogens with zero attached hydrogens (tertiary/aromatic N) is 1. The highest BCUT2D eigenvalue weighted by molar-refractivity contribution is 5.75. The molecule has 0 aliphatic carbocycles. The first-order valence-corrected chi connectivity index (χ1v) is 7.06. The van der Waals surface area contributed by atoms with Crippen LogP contribution in [0.5, 0.6) is 0 Å². The van der Waals surface area contributed by atoms with Crippen LogP contribution in [0.25, 0.3) is 0 Å². The van der Waals surface area contributed by atoms with Crippen LogP contribution in [0.15, 0.2) is 30.3 Å². The number of carbonyl (C=O) groups is 2. The number of rotatable bonds is 5. The Bertz CT molecular complexity index is 492. The number of nitrogens with one attached hydrogen (secondary N) is 1. The number of hydrogen-bond donors (Lipinski definition) is 3. The van der Waals surface area contributed by atoms with Gasteiger partial charge in [0, 0.05) is 32.0 Å². The molecule has 6 nitrogen and oxygen atoms in total. The van der Waals surface area contributed by atoms with E-state index in [0.29, 0.717) is 19.0 Å². The second-order valence-corrected chi connectivity index (χ2v) is 5.22. The second kappa shape index (κ2) is 7.08. The van der Waals surface area contributed by atoms with Gasteiger partial charge in [-0.2, -0.15) is 0 Å². The van der Waals surface area contributed by atoms with Crippen LogP contribution >= 0.6 is 0 Å². The van der Waals surface area contributed by atoms with Crippen LogP contribution < -0.4 is 5.32 Å². The van der Waals surface area contributed by atoms with Crippen LogP contribution in [0.3, 0.4) is 0 Å². The topological polar surface area (TPSA) is 89.9 Å². The first-order chi connectivity index (χ1) is 10.1. The van der Waals surface area contributed by atoms with Gasteiger partial charge in [0.15, 0.2) is 6.10 Å². The molecule has 0 radical (unpaired) electrons. The van der Waals surface area contributed by atoms with Gasteiger partial charge in [-0.15, -0.1) is 0 Å². The summed E-state index contributed by atoms with van der Waals surface area (Å²) in [7, 11) is 0. The number of aliphatic hydroxyl groups excluding tert-OH is 1. The van der Waals surface area contributed by atoms with Crippen molar-refractivity contribution in [2.75, 3.05) is 19.6 Å². The van der Waals surface area contributed by atoms with Crippen molar-refractivity contribution >= 4 is 12.0 Å². The Morgan fingerprint density at radius 3 is 2.71 bits per heavy atom. The molecule has 1 aliphatic heterocycles. The molecule has 1 aromatic carbocycles. The second-order valence-electron chi connectivity index (χ2n) is 5.22. The van der Waals surface area contributed by atoms with Crippen molar-refractivity contribution in [1.82, 2.24) is 10.2 Å². The number of urea groups is 1. The van der Waals surface area contributed by atoms with E-state index in [1.54, 1.807) is 4.90 Å². The summed E-state index contributed by atoms with van der Waals surface area (Å²) in [6.07, 6.45) is -0.493. The van der Waals surface area contributed by atoms with Crippen molar-refractivity contribution < 1.29 is 19.8 Å². The first kappa shape index (κ1) is 15.3. The fourth-order valence-electron chi connectivity index (χ4n) is 2.49. The maximum Gasteiger partial charge on any atom is 0.332 e.